The van der Waals surface area contributed by atoms with E-state index in [4.69, 9.17) is 10.6 Å². The zero-order valence-electron chi connectivity index (χ0n) is 12.2. The van der Waals surface area contributed by atoms with Gasteiger partial charge in [-0.05, 0) is 18.1 Å². The third-order valence-electron chi connectivity index (χ3n) is 3.87. The van der Waals surface area contributed by atoms with Crippen molar-refractivity contribution in [2.75, 3.05) is 0 Å². The second kappa shape index (κ2) is 6.24. The van der Waals surface area contributed by atoms with E-state index < -0.39 is 0 Å². The number of fused-ring (bicyclic) bond motifs is 1. The van der Waals surface area contributed by atoms with Gasteiger partial charge in [0.05, 0.1) is 6.04 Å². The van der Waals surface area contributed by atoms with Gasteiger partial charge in [0.1, 0.15) is 24.0 Å². The van der Waals surface area contributed by atoms with Crippen LogP contribution in [0.2, 0.25) is 0 Å². The number of hydrogen-bond acceptors (Lipinski definition) is 5. The highest BCUT2D eigenvalue weighted by atomic mass is 16.5. The fourth-order valence-corrected chi connectivity index (χ4v) is 2.77. The van der Waals surface area contributed by atoms with Gasteiger partial charge in [0.2, 0.25) is 0 Å². The summed E-state index contributed by atoms with van der Waals surface area (Å²) < 4.78 is 7.95. The van der Waals surface area contributed by atoms with Crippen LogP contribution in [0.15, 0.2) is 30.6 Å². The van der Waals surface area contributed by atoms with Crippen LogP contribution in [0.3, 0.4) is 0 Å². The number of nitrogens with two attached hydrogens (primary N) is 1. The fourth-order valence-electron chi connectivity index (χ4n) is 2.77. The summed E-state index contributed by atoms with van der Waals surface area (Å²) in [5, 5.41) is 4.26. The van der Waals surface area contributed by atoms with E-state index in [1.54, 1.807) is 6.33 Å². The van der Waals surface area contributed by atoms with Crippen molar-refractivity contribution in [2.45, 2.75) is 44.9 Å². The lowest BCUT2D eigenvalue weighted by molar-refractivity contribution is 0.175. The molecule has 0 spiro atoms. The van der Waals surface area contributed by atoms with Crippen LogP contribution in [0.4, 0.5) is 0 Å². The molecule has 0 aliphatic carbocycles. The minimum atomic E-state index is 0.0113. The van der Waals surface area contributed by atoms with Crippen molar-refractivity contribution in [3.05, 3.63) is 42.0 Å². The molecule has 1 aliphatic heterocycles. The summed E-state index contributed by atoms with van der Waals surface area (Å²) in [5.41, 5.74) is 4.11. The Morgan fingerprint density at radius 3 is 3.10 bits per heavy atom. The Labute approximate surface area is 124 Å². The summed E-state index contributed by atoms with van der Waals surface area (Å²) in [4.78, 5) is 4.34. The number of ether oxygens (including phenoxy) is 1. The monoisotopic (exact) mass is 287 g/mol. The average Bonchev–Trinajstić information content (AvgIpc) is 3.11. The molecule has 112 valence electrons. The van der Waals surface area contributed by atoms with Crippen LogP contribution in [-0.2, 0) is 19.4 Å². The fraction of sp³-hybridized carbons (Fsp3) is 0.467. The third-order valence-corrected chi connectivity index (χ3v) is 3.87. The molecule has 21 heavy (non-hydrogen) atoms. The van der Waals surface area contributed by atoms with Gasteiger partial charge in [0.25, 0.3) is 0 Å². The van der Waals surface area contributed by atoms with E-state index in [-0.39, 0.29) is 12.1 Å². The predicted octanol–water partition coefficient (Wildman–Crippen LogP) is 1.07. The molecule has 2 aromatic rings. The highest BCUT2D eigenvalue weighted by molar-refractivity contribution is 5.37. The number of nitrogens with zero attached hydrogens (tertiary/aromatic N) is 3. The Balaban J connectivity index is 1.70. The van der Waals surface area contributed by atoms with Crippen molar-refractivity contribution in [2.24, 2.45) is 5.84 Å². The molecule has 1 aromatic carbocycles. The Morgan fingerprint density at radius 2 is 2.33 bits per heavy atom. The molecule has 2 heterocycles. The number of benzene rings is 1. The number of hydrogen-bond donors (Lipinski definition) is 2. The Hall–Kier alpha value is -1.92. The molecule has 1 aliphatic rings. The van der Waals surface area contributed by atoms with Crippen molar-refractivity contribution in [3.63, 3.8) is 0 Å². The minimum Gasteiger partial charge on any atom is -0.488 e. The second-order valence-electron chi connectivity index (χ2n) is 5.34. The van der Waals surface area contributed by atoms with Crippen LogP contribution >= 0.6 is 0 Å². The maximum absolute atomic E-state index is 6.01. The molecule has 2 atom stereocenters. The largest absolute Gasteiger partial charge is 0.488 e. The summed E-state index contributed by atoms with van der Waals surface area (Å²) in [5.74, 6) is 7.64. The molecule has 0 amide bonds. The SMILES string of the molecule is CCCn1ncnc1CC(NN)C1Cc2ccccc2O1. The number of nitrogens with one attached hydrogen (secondary N) is 1. The van der Waals surface area contributed by atoms with Gasteiger partial charge in [-0.3, -0.25) is 16.0 Å². The first kappa shape index (κ1) is 14.0. The molecular weight excluding hydrogens is 266 g/mol. The molecule has 6 heteroatoms. The van der Waals surface area contributed by atoms with Gasteiger partial charge in [0, 0.05) is 19.4 Å². The molecule has 2 unspecified atom stereocenters. The van der Waals surface area contributed by atoms with E-state index in [0.29, 0.717) is 6.42 Å². The van der Waals surface area contributed by atoms with Gasteiger partial charge in [-0.1, -0.05) is 25.1 Å². The lowest BCUT2D eigenvalue weighted by Crippen LogP contribution is -2.48. The molecule has 0 saturated carbocycles. The van der Waals surface area contributed by atoms with Gasteiger partial charge in [-0.2, -0.15) is 5.10 Å². The van der Waals surface area contributed by atoms with Crippen molar-refractivity contribution in [3.8, 4) is 5.75 Å². The number of aryl methyl sites for hydroxylation is 1. The lowest BCUT2D eigenvalue weighted by Gasteiger charge is -2.22. The summed E-state index contributed by atoms with van der Waals surface area (Å²) in [7, 11) is 0. The van der Waals surface area contributed by atoms with Crippen LogP contribution in [0, 0.1) is 0 Å². The first-order chi connectivity index (χ1) is 10.3. The molecule has 0 bridgehead atoms. The van der Waals surface area contributed by atoms with E-state index >= 15 is 0 Å². The summed E-state index contributed by atoms with van der Waals surface area (Å²) in [6.45, 7) is 3.00. The second-order valence-corrected chi connectivity index (χ2v) is 5.34. The molecule has 0 fully saturated rings. The highest BCUT2D eigenvalue weighted by Crippen LogP contribution is 2.29. The van der Waals surface area contributed by atoms with E-state index in [0.717, 1.165) is 31.0 Å². The van der Waals surface area contributed by atoms with E-state index in [2.05, 4.69) is 28.5 Å². The molecule has 3 rings (SSSR count). The maximum Gasteiger partial charge on any atom is 0.138 e. The van der Waals surface area contributed by atoms with Crippen LogP contribution < -0.4 is 16.0 Å². The quantitative estimate of drug-likeness (QED) is 0.614. The summed E-state index contributed by atoms with van der Waals surface area (Å²) in [6.07, 6.45) is 4.23. The van der Waals surface area contributed by atoms with Crippen molar-refractivity contribution in [1.29, 1.82) is 0 Å². The topological polar surface area (TPSA) is 78.0 Å². The van der Waals surface area contributed by atoms with E-state index in [1.807, 2.05) is 22.9 Å². The first-order valence-corrected chi connectivity index (χ1v) is 7.39. The molecule has 6 nitrogen and oxygen atoms in total. The Morgan fingerprint density at radius 1 is 1.48 bits per heavy atom. The van der Waals surface area contributed by atoms with Crippen LogP contribution in [0.25, 0.3) is 0 Å². The van der Waals surface area contributed by atoms with E-state index in [1.165, 1.54) is 5.56 Å². The maximum atomic E-state index is 6.01. The highest BCUT2D eigenvalue weighted by Gasteiger charge is 2.30. The van der Waals surface area contributed by atoms with Gasteiger partial charge in [-0.25, -0.2) is 4.98 Å². The summed E-state index contributed by atoms with van der Waals surface area (Å²) >= 11 is 0. The first-order valence-electron chi connectivity index (χ1n) is 7.39. The van der Waals surface area contributed by atoms with Crippen LogP contribution in [0.5, 0.6) is 5.75 Å². The average molecular weight is 287 g/mol. The zero-order valence-corrected chi connectivity index (χ0v) is 12.2. The Kier molecular flexibility index (Phi) is 4.17. The Bertz CT molecular complexity index is 572. The van der Waals surface area contributed by atoms with Crippen molar-refractivity contribution in [1.82, 2.24) is 20.2 Å². The molecule has 0 radical (unpaired) electrons. The minimum absolute atomic E-state index is 0.0113. The van der Waals surface area contributed by atoms with E-state index in [9.17, 15) is 0 Å². The van der Waals surface area contributed by atoms with Gasteiger partial charge in [0.15, 0.2) is 0 Å². The van der Waals surface area contributed by atoms with Gasteiger partial charge < -0.3 is 4.74 Å². The standard InChI is InChI=1S/C15H21N5O/c1-2-7-20-15(17-10-18-20)9-12(19-16)14-8-11-5-3-4-6-13(11)21-14/h3-6,10,12,14,19H,2,7-9,16H2,1H3. The van der Waals surface area contributed by atoms with Crippen LogP contribution in [0.1, 0.15) is 24.7 Å². The zero-order chi connectivity index (χ0) is 14.7. The number of hydrazine groups is 1. The van der Waals surface area contributed by atoms with Crippen molar-refractivity contribution >= 4 is 0 Å². The number of rotatable bonds is 6. The molecule has 3 N–H and O–H groups in total. The predicted molar refractivity (Wildman–Crippen MR) is 79.7 cm³/mol. The van der Waals surface area contributed by atoms with Crippen LogP contribution in [-0.4, -0.2) is 26.9 Å². The molecular formula is C15H21N5O. The molecule has 0 saturated heterocycles. The summed E-state index contributed by atoms with van der Waals surface area (Å²) in [6, 6.07) is 8.14. The van der Waals surface area contributed by atoms with Gasteiger partial charge >= 0.3 is 0 Å². The number of para-hydroxylation sites is 1. The number of aromatic nitrogens is 3. The third kappa shape index (κ3) is 2.91. The molecule has 1 aromatic heterocycles. The normalized spacial score (nSPS) is 18.3. The smallest absolute Gasteiger partial charge is 0.138 e. The van der Waals surface area contributed by atoms with Gasteiger partial charge in [-0.15, -0.1) is 0 Å². The lowest BCUT2D eigenvalue weighted by atomic mass is 10.0. The van der Waals surface area contributed by atoms with Crippen molar-refractivity contribution < 1.29 is 4.74 Å².